The fourth-order valence-corrected chi connectivity index (χ4v) is 2.98. The Morgan fingerprint density at radius 2 is 1.40 bits per heavy atom. The summed E-state index contributed by atoms with van der Waals surface area (Å²) >= 11 is 0. The van der Waals surface area contributed by atoms with Crippen molar-refractivity contribution in [3.05, 3.63) is 59.7 Å². The highest BCUT2D eigenvalue weighted by atomic mass is 16.2. The van der Waals surface area contributed by atoms with Gasteiger partial charge >= 0.3 is 6.03 Å². The molecule has 5 nitrogen and oxygen atoms in total. The lowest BCUT2D eigenvalue weighted by atomic mass is 10.2. The van der Waals surface area contributed by atoms with Crippen molar-refractivity contribution in [2.45, 2.75) is 32.7 Å². The average Bonchev–Trinajstić information content (AvgIpc) is 3.09. The van der Waals surface area contributed by atoms with Crippen LogP contribution in [-0.2, 0) is 4.79 Å². The van der Waals surface area contributed by atoms with E-state index in [2.05, 4.69) is 10.6 Å². The van der Waals surface area contributed by atoms with E-state index in [9.17, 15) is 9.59 Å². The molecule has 1 heterocycles. The molecule has 0 radical (unpaired) electrons. The van der Waals surface area contributed by atoms with E-state index >= 15 is 0 Å². The van der Waals surface area contributed by atoms with Crippen molar-refractivity contribution in [3.8, 4) is 0 Å². The van der Waals surface area contributed by atoms with Gasteiger partial charge in [-0.05, 0) is 51.0 Å². The van der Waals surface area contributed by atoms with Gasteiger partial charge in [0.2, 0.25) is 5.91 Å². The van der Waals surface area contributed by atoms with Crippen LogP contribution < -0.4 is 10.6 Å². The third-order valence-corrected chi connectivity index (χ3v) is 4.44. The molecule has 1 atom stereocenters. The second kappa shape index (κ2) is 7.38. The predicted octanol–water partition coefficient (Wildman–Crippen LogP) is 3.94. The van der Waals surface area contributed by atoms with Crippen LogP contribution in [0.1, 0.15) is 24.0 Å². The molecular formula is C20H23N3O2. The molecule has 3 rings (SSSR count). The van der Waals surface area contributed by atoms with Crippen molar-refractivity contribution in [2.75, 3.05) is 17.2 Å². The standard InChI is InChI=1S/C20H23N3O2/c1-14-5-9-16(10-6-14)21-19(24)18-4-3-13-23(18)20(25)22-17-11-7-15(2)8-12-17/h5-12,18H,3-4,13H2,1-2H3,(H,21,24)(H,22,25)/t18-/m1/s1. The topological polar surface area (TPSA) is 61.4 Å². The maximum Gasteiger partial charge on any atom is 0.322 e. The van der Waals surface area contributed by atoms with Gasteiger partial charge in [-0.3, -0.25) is 4.79 Å². The lowest BCUT2D eigenvalue weighted by molar-refractivity contribution is -0.119. The Morgan fingerprint density at radius 3 is 1.96 bits per heavy atom. The van der Waals surface area contributed by atoms with E-state index in [0.717, 1.165) is 28.9 Å². The third-order valence-electron chi connectivity index (χ3n) is 4.44. The van der Waals surface area contributed by atoms with Crippen LogP contribution in [-0.4, -0.2) is 29.4 Å². The lowest BCUT2D eigenvalue weighted by Crippen LogP contribution is -2.45. The molecule has 2 N–H and O–H groups in total. The molecule has 1 aliphatic heterocycles. The zero-order chi connectivity index (χ0) is 17.8. The van der Waals surface area contributed by atoms with E-state index in [1.165, 1.54) is 0 Å². The number of aryl methyl sites for hydroxylation is 2. The number of benzene rings is 2. The maximum absolute atomic E-state index is 12.6. The number of anilines is 2. The Bertz CT molecular complexity index is 688. The first-order chi connectivity index (χ1) is 12.0. The zero-order valence-corrected chi connectivity index (χ0v) is 14.6. The van der Waals surface area contributed by atoms with E-state index in [4.69, 9.17) is 0 Å². The van der Waals surface area contributed by atoms with Gasteiger partial charge in [-0.1, -0.05) is 35.4 Å². The molecule has 1 aliphatic rings. The summed E-state index contributed by atoms with van der Waals surface area (Å²) in [5.41, 5.74) is 3.76. The highest BCUT2D eigenvalue weighted by Crippen LogP contribution is 2.21. The number of carbonyl (C=O) groups excluding carboxylic acids is 2. The molecule has 25 heavy (non-hydrogen) atoms. The van der Waals surface area contributed by atoms with Gasteiger partial charge in [0, 0.05) is 17.9 Å². The number of urea groups is 1. The maximum atomic E-state index is 12.6. The first-order valence-corrected chi connectivity index (χ1v) is 8.55. The highest BCUT2D eigenvalue weighted by molar-refractivity contribution is 5.99. The monoisotopic (exact) mass is 337 g/mol. The molecule has 5 heteroatoms. The molecule has 2 aromatic rings. The number of likely N-dealkylation sites (tertiary alicyclic amines) is 1. The Balaban J connectivity index is 1.64. The van der Waals surface area contributed by atoms with Gasteiger partial charge in [-0.2, -0.15) is 0 Å². The number of hydrogen-bond donors (Lipinski definition) is 2. The van der Waals surface area contributed by atoms with Crippen molar-refractivity contribution in [1.29, 1.82) is 0 Å². The summed E-state index contributed by atoms with van der Waals surface area (Å²) in [6.45, 7) is 4.58. The largest absolute Gasteiger partial charge is 0.324 e. The molecule has 130 valence electrons. The van der Waals surface area contributed by atoms with E-state index in [-0.39, 0.29) is 11.9 Å². The van der Waals surface area contributed by atoms with Crippen molar-refractivity contribution in [2.24, 2.45) is 0 Å². The summed E-state index contributed by atoms with van der Waals surface area (Å²) in [7, 11) is 0. The minimum Gasteiger partial charge on any atom is -0.324 e. The fourth-order valence-electron chi connectivity index (χ4n) is 2.98. The molecule has 0 aromatic heterocycles. The van der Waals surface area contributed by atoms with Crippen molar-refractivity contribution in [1.82, 2.24) is 4.90 Å². The first kappa shape index (κ1) is 17.0. The zero-order valence-electron chi connectivity index (χ0n) is 14.6. The predicted molar refractivity (Wildman–Crippen MR) is 99.7 cm³/mol. The number of nitrogens with one attached hydrogen (secondary N) is 2. The van der Waals surface area contributed by atoms with Crippen molar-refractivity contribution in [3.63, 3.8) is 0 Å². The molecule has 3 amide bonds. The van der Waals surface area contributed by atoms with Crippen LogP contribution in [0.15, 0.2) is 48.5 Å². The fraction of sp³-hybridized carbons (Fsp3) is 0.300. The van der Waals surface area contributed by atoms with E-state index in [0.29, 0.717) is 13.0 Å². The quantitative estimate of drug-likeness (QED) is 0.891. The molecule has 1 saturated heterocycles. The van der Waals surface area contributed by atoms with Crippen LogP contribution in [0.4, 0.5) is 16.2 Å². The minimum absolute atomic E-state index is 0.139. The second-order valence-electron chi connectivity index (χ2n) is 6.50. The highest BCUT2D eigenvalue weighted by Gasteiger charge is 2.34. The Kier molecular flexibility index (Phi) is 5.03. The Morgan fingerprint density at radius 1 is 0.880 bits per heavy atom. The van der Waals surface area contributed by atoms with E-state index in [1.54, 1.807) is 4.90 Å². The number of nitrogens with zero attached hydrogens (tertiary/aromatic N) is 1. The summed E-state index contributed by atoms with van der Waals surface area (Å²) in [6, 6.07) is 14.6. The van der Waals surface area contributed by atoms with Gasteiger partial charge in [0.05, 0.1) is 0 Å². The van der Waals surface area contributed by atoms with Gasteiger partial charge in [-0.15, -0.1) is 0 Å². The van der Waals surface area contributed by atoms with Crippen LogP contribution in [0.25, 0.3) is 0 Å². The summed E-state index contributed by atoms with van der Waals surface area (Å²) in [5.74, 6) is -0.139. The van der Waals surface area contributed by atoms with Crippen LogP contribution in [0.3, 0.4) is 0 Å². The smallest absolute Gasteiger partial charge is 0.322 e. The SMILES string of the molecule is Cc1ccc(NC(=O)[C@H]2CCCN2C(=O)Nc2ccc(C)cc2)cc1. The Hall–Kier alpha value is -2.82. The van der Waals surface area contributed by atoms with Gasteiger partial charge in [-0.25, -0.2) is 4.79 Å². The summed E-state index contributed by atoms with van der Waals surface area (Å²) in [5, 5.41) is 5.78. The van der Waals surface area contributed by atoms with Crippen LogP contribution in [0, 0.1) is 13.8 Å². The van der Waals surface area contributed by atoms with Gasteiger partial charge in [0.15, 0.2) is 0 Å². The van der Waals surface area contributed by atoms with Gasteiger partial charge < -0.3 is 15.5 Å². The minimum atomic E-state index is -0.438. The molecular weight excluding hydrogens is 314 g/mol. The second-order valence-corrected chi connectivity index (χ2v) is 6.50. The van der Waals surface area contributed by atoms with E-state index in [1.807, 2.05) is 62.4 Å². The first-order valence-electron chi connectivity index (χ1n) is 8.55. The van der Waals surface area contributed by atoms with Crippen LogP contribution in [0.5, 0.6) is 0 Å². The number of amides is 3. The molecule has 1 fully saturated rings. The van der Waals surface area contributed by atoms with Gasteiger partial charge in [0.1, 0.15) is 6.04 Å². The number of hydrogen-bond acceptors (Lipinski definition) is 2. The summed E-state index contributed by atoms with van der Waals surface area (Å²) < 4.78 is 0. The van der Waals surface area contributed by atoms with Crippen molar-refractivity contribution < 1.29 is 9.59 Å². The molecule has 0 bridgehead atoms. The number of carbonyl (C=O) groups is 2. The molecule has 0 aliphatic carbocycles. The average molecular weight is 337 g/mol. The summed E-state index contributed by atoms with van der Waals surface area (Å²) in [6.07, 6.45) is 1.51. The van der Waals surface area contributed by atoms with Crippen LogP contribution >= 0.6 is 0 Å². The van der Waals surface area contributed by atoms with Crippen molar-refractivity contribution >= 4 is 23.3 Å². The Labute approximate surface area is 148 Å². The van der Waals surface area contributed by atoms with Crippen LogP contribution in [0.2, 0.25) is 0 Å². The van der Waals surface area contributed by atoms with Gasteiger partial charge in [0.25, 0.3) is 0 Å². The molecule has 0 saturated carbocycles. The normalized spacial score (nSPS) is 16.6. The summed E-state index contributed by atoms with van der Waals surface area (Å²) in [4.78, 5) is 26.7. The molecule has 0 spiro atoms. The molecule has 2 aromatic carbocycles. The van der Waals surface area contributed by atoms with E-state index < -0.39 is 6.04 Å². The third kappa shape index (κ3) is 4.18. The lowest BCUT2D eigenvalue weighted by Gasteiger charge is -2.24. The molecule has 0 unspecified atom stereocenters. The number of rotatable bonds is 3.